The topological polar surface area (TPSA) is 58.4 Å². The molecule has 3 rings (SSSR count). The summed E-state index contributed by atoms with van der Waals surface area (Å²) in [5, 5.41) is 7.91. The summed E-state index contributed by atoms with van der Waals surface area (Å²) in [4.78, 5) is 11.3. The molecule has 0 spiro atoms. The molecule has 1 fully saturated rings. The number of fused-ring (bicyclic) bond motifs is 1. The molecule has 2 aromatic heterocycles. The third-order valence-electron chi connectivity index (χ3n) is 4.51. The summed E-state index contributed by atoms with van der Waals surface area (Å²) < 4.78 is 1.81. The van der Waals surface area contributed by atoms with Gasteiger partial charge in [0.05, 0.1) is 0 Å². The first-order valence-corrected chi connectivity index (χ1v) is 8.21. The summed E-state index contributed by atoms with van der Waals surface area (Å²) in [5.74, 6) is 2.40. The molecule has 0 bridgehead atoms. The van der Waals surface area contributed by atoms with Crippen LogP contribution in [0.15, 0.2) is 6.33 Å². The minimum absolute atomic E-state index is 0.605. The van der Waals surface area contributed by atoms with E-state index in [1.54, 1.807) is 6.33 Å². The molecule has 0 unspecified atom stereocenters. The quantitative estimate of drug-likeness (QED) is 0.918. The van der Waals surface area contributed by atoms with Crippen molar-refractivity contribution in [2.75, 3.05) is 25.0 Å². The Morgan fingerprint density at radius 1 is 1.36 bits per heavy atom. The van der Waals surface area contributed by atoms with E-state index in [1.807, 2.05) is 11.4 Å². The Balaban J connectivity index is 1.76. The number of nitrogens with zero attached hydrogens (tertiary/aromatic N) is 5. The van der Waals surface area contributed by atoms with Crippen LogP contribution in [0.25, 0.3) is 5.78 Å². The Bertz CT molecular complexity index is 647. The SMILES string of the molecule is Cc1nc2ncnn2c(NC[C@H]2CCCN2CC(C)C)c1C. The number of nitrogens with one attached hydrogen (secondary N) is 1. The smallest absolute Gasteiger partial charge is 0.254 e. The highest BCUT2D eigenvalue weighted by Gasteiger charge is 2.25. The lowest BCUT2D eigenvalue weighted by Crippen LogP contribution is -2.37. The molecular formula is C16H26N6. The van der Waals surface area contributed by atoms with Gasteiger partial charge in [0.25, 0.3) is 5.78 Å². The molecule has 1 aliphatic rings. The molecule has 6 nitrogen and oxygen atoms in total. The average molecular weight is 302 g/mol. The molecule has 0 saturated carbocycles. The van der Waals surface area contributed by atoms with Crippen LogP contribution in [0.5, 0.6) is 0 Å². The first kappa shape index (κ1) is 15.2. The standard InChI is InChI=1S/C16H26N6/c1-11(2)9-21-7-5-6-14(21)8-17-15-12(3)13(4)20-16-18-10-19-22(15)16/h10-11,14,17H,5-9H2,1-4H3/t14-/m1/s1. The van der Waals surface area contributed by atoms with Crippen LogP contribution < -0.4 is 5.32 Å². The number of aryl methyl sites for hydroxylation is 1. The number of likely N-dealkylation sites (tertiary alicyclic amines) is 1. The second-order valence-electron chi connectivity index (χ2n) is 6.71. The largest absolute Gasteiger partial charge is 0.368 e. The Morgan fingerprint density at radius 3 is 2.95 bits per heavy atom. The maximum Gasteiger partial charge on any atom is 0.254 e. The van der Waals surface area contributed by atoms with E-state index in [0.29, 0.717) is 17.7 Å². The summed E-state index contributed by atoms with van der Waals surface area (Å²) in [6, 6.07) is 0.605. The molecule has 1 N–H and O–H groups in total. The van der Waals surface area contributed by atoms with Gasteiger partial charge in [0, 0.05) is 30.4 Å². The lowest BCUT2D eigenvalue weighted by molar-refractivity contribution is 0.234. The fourth-order valence-corrected chi connectivity index (χ4v) is 3.29. The van der Waals surface area contributed by atoms with Crippen LogP contribution in [0.3, 0.4) is 0 Å². The van der Waals surface area contributed by atoms with Crippen LogP contribution in [0.4, 0.5) is 5.82 Å². The number of anilines is 1. The van der Waals surface area contributed by atoms with Crippen molar-refractivity contribution in [2.24, 2.45) is 5.92 Å². The van der Waals surface area contributed by atoms with Gasteiger partial charge in [-0.3, -0.25) is 4.90 Å². The summed E-state index contributed by atoms with van der Waals surface area (Å²) in [5.41, 5.74) is 2.15. The second kappa shape index (κ2) is 6.20. The fourth-order valence-electron chi connectivity index (χ4n) is 3.29. The van der Waals surface area contributed by atoms with Gasteiger partial charge in [0.2, 0.25) is 0 Å². The zero-order valence-electron chi connectivity index (χ0n) is 14.0. The van der Waals surface area contributed by atoms with E-state index in [4.69, 9.17) is 0 Å². The van der Waals surface area contributed by atoms with E-state index < -0.39 is 0 Å². The molecule has 3 heterocycles. The Hall–Kier alpha value is -1.69. The molecule has 6 heteroatoms. The molecule has 22 heavy (non-hydrogen) atoms. The summed E-state index contributed by atoms with van der Waals surface area (Å²) in [6.07, 6.45) is 4.13. The highest BCUT2D eigenvalue weighted by molar-refractivity contribution is 5.51. The van der Waals surface area contributed by atoms with E-state index in [2.05, 4.69) is 46.1 Å². The van der Waals surface area contributed by atoms with Gasteiger partial charge in [-0.15, -0.1) is 0 Å². The molecule has 1 saturated heterocycles. The van der Waals surface area contributed by atoms with Crippen molar-refractivity contribution in [3.63, 3.8) is 0 Å². The van der Waals surface area contributed by atoms with E-state index >= 15 is 0 Å². The maximum absolute atomic E-state index is 4.47. The Kier molecular flexibility index (Phi) is 4.29. The molecule has 1 atom stereocenters. The summed E-state index contributed by atoms with van der Waals surface area (Å²) in [6.45, 7) is 12.0. The van der Waals surface area contributed by atoms with Crippen molar-refractivity contribution >= 4 is 11.6 Å². The molecule has 0 amide bonds. The number of hydrogen-bond donors (Lipinski definition) is 1. The van der Waals surface area contributed by atoms with Gasteiger partial charge >= 0.3 is 0 Å². The van der Waals surface area contributed by atoms with Crippen molar-refractivity contribution < 1.29 is 0 Å². The van der Waals surface area contributed by atoms with E-state index in [1.165, 1.54) is 25.9 Å². The van der Waals surface area contributed by atoms with Crippen LogP contribution in [-0.4, -0.2) is 50.2 Å². The lowest BCUT2D eigenvalue weighted by atomic mass is 10.1. The van der Waals surface area contributed by atoms with Crippen molar-refractivity contribution in [3.05, 3.63) is 17.6 Å². The monoisotopic (exact) mass is 302 g/mol. The van der Waals surface area contributed by atoms with Gasteiger partial charge in [-0.25, -0.2) is 4.98 Å². The third-order valence-corrected chi connectivity index (χ3v) is 4.51. The maximum atomic E-state index is 4.47. The summed E-state index contributed by atoms with van der Waals surface area (Å²) >= 11 is 0. The van der Waals surface area contributed by atoms with Crippen LogP contribution in [0.2, 0.25) is 0 Å². The first-order valence-electron chi connectivity index (χ1n) is 8.21. The van der Waals surface area contributed by atoms with Crippen molar-refractivity contribution in [2.45, 2.75) is 46.6 Å². The van der Waals surface area contributed by atoms with Crippen molar-refractivity contribution in [3.8, 4) is 0 Å². The average Bonchev–Trinajstić information content (AvgIpc) is 3.08. The highest BCUT2D eigenvalue weighted by atomic mass is 15.4. The normalized spacial score (nSPS) is 19.4. The van der Waals surface area contributed by atoms with Crippen LogP contribution in [0.1, 0.15) is 37.9 Å². The van der Waals surface area contributed by atoms with Crippen LogP contribution in [0, 0.1) is 19.8 Å². The minimum Gasteiger partial charge on any atom is -0.368 e. The van der Waals surface area contributed by atoms with Gasteiger partial charge in [-0.1, -0.05) is 13.8 Å². The molecule has 0 radical (unpaired) electrons. The highest BCUT2D eigenvalue weighted by Crippen LogP contribution is 2.22. The molecule has 2 aromatic rings. The second-order valence-corrected chi connectivity index (χ2v) is 6.71. The minimum atomic E-state index is 0.605. The lowest BCUT2D eigenvalue weighted by Gasteiger charge is -2.27. The van der Waals surface area contributed by atoms with Gasteiger partial charge in [-0.2, -0.15) is 14.6 Å². The number of hydrogen-bond acceptors (Lipinski definition) is 5. The van der Waals surface area contributed by atoms with Gasteiger partial charge in [0.1, 0.15) is 12.1 Å². The Labute approximate surface area is 131 Å². The van der Waals surface area contributed by atoms with Gasteiger partial charge in [-0.05, 0) is 39.2 Å². The molecule has 1 aliphatic heterocycles. The van der Waals surface area contributed by atoms with E-state index in [9.17, 15) is 0 Å². The molecular weight excluding hydrogens is 276 g/mol. The van der Waals surface area contributed by atoms with Crippen LogP contribution in [-0.2, 0) is 0 Å². The fraction of sp³-hybridized carbons (Fsp3) is 0.688. The van der Waals surface area contributed by atoms with E-state index in [-0.39, 0.29) is 0 Å². The molecule has 120 valence electrons. The predicted molar refractivity (Wildman–Crippen MR) is 88.2 cm³/mol. The van der Waals surface area contributed by atoms with Crippen molar-refractivity contribution in [1.82, 2.24) is 24.5 Å². The van der Waals surface area contributed by atoms with E-state index in [0.717, 1.165) is 23.6 Å². The zero-order chi connectivity index (χ0) is 15.7. The van der Waals surface area contributed by atoms with Crippen LogP contribution >= 0.6 is 0 Å². The van der Waals surface area contributed by atoms with Gasteiger partial charge in [0.15, 0.2) is 0 Å². The van der Waals surface area contributed by atoms with Gasteiger partial charge < -0.3 is 5.32 Å². The molecule has 0 aliphatic carbocycles. The molecule has 0 aromatic carbocycles. The predicted octanol–water partition coefficient (Wildman–Crippen LogP) is 2.27. The zero-order valence-corrected chi connectivity index (χ0v) is 14.0. The Morgan fingerprint density at radius 2 is 2.18 bits per heavy atom. The number of aromatic nitrogens is 4. The number of rotatable bonds is 5. The summed E-state index contributed by atoms with van der Waals surface area (Å²) in [7, 11) is 0. The van der Waals surface area contributed by atoms with Crippen molar-refractivity contribution in [1.29, 1.82) is 0 Å². The third kappa shape index (κ3) is 2.92. The first-order chi connectivity index (χ1) is 10.6.